The van der Waals surface area contributed by atoms with Crippen LogP contribution in [0.25, 0.3) is 0 Å². The lowest BCUT2D eigenvalue weighted by Crippen LogP contribution is -2.37. The quantitative estimate of drug-likeness (QED) is 0.374. The van der Waals surface area contributed by atoms with Crippen LogP contribution in [0.15, 0.2) is 59.9 Å². The molecule has 0 aliphatic heterocycles. The first-order chi connectivity index (χ1) is 15.7. The highest BCUT2D eigenvalue weighted by Gasteiger charge is 2.15. The van der Waals surface area contributed by atoms with Crippen LogP contribution in [0, 0.1) is 0 Å². The molecule has 170 valence electrons. The molecular weight excluding hydrogens is 406 g/mol. The molecule has 0 saturated carbocycles. The predicted molar refractivity (Wildman–Crippen MR) is 126 cm³/mol. The lowest BCUT2D eigenvalue weighted by Gasteiger charge is -2.16. The van der Waals surface area contributed by atoms with Gasteiger partial charge in [-0.1, -0.05) is 24.3 Å². The van der Waals surface area contributed by atoms with Gasteiger partial charge in [0, 0.05) is 31.0 Å². The van der Waals surface area contributed by atoms with E-state index in [2.05, 4.69) is 27.9 Å². The van der Waals surface area contributed by atoms with E-state index in [1.54, 1.807) is 27.5 Å². The zero-order valence-electron chi connectivity index (χ0n) is 19.1. The smallest absolute Gasteiger partial charge is 0.203 e. The van der Waals surface area contributed by atoms with Gasteiger partial charge in [0.15, 0.2) is 17.5 Å². The van der Waals surface area contributed by atoms with Crippen LogP contribution >= 0.6 is 0 Å². The molecule has 0 saturated heterocycles. The SMILES string of the molecule is CCNC(=NCc1ccc(OC)c(OC)c1OC)NCc1ccccc1Cn1cccn1. The predicted octanol–water partition coefficient (Wildman–Crippen LogP) is 3.21. The minimum absolute atomic E-state index is 0.424. The van der Waals surface area contributed by atoms with Gasteiger partial charge in [-0.2, -0.15) is 5.10 Å². The summed E-state index contributed by atoms with van der Waals surface area (Å²) in [6, 6.07) is 14.1. The van der Waals surface area contributed by atoms with Crippen molar-refractivity contribution in [1.29, 1.82) is 0 Å². The molecule has 0 radical (unpaired) electrons. The van der Waals surface area contributed by atoms with Crippen molar-refractivity contribution in [2.45, 2.75) is 26.6 Å². The highest BCUT2D eigenvalue weighted by Crippen LogP contribution is 2.39. The molecular formula is C24H31N5O3. The summed E-state index contributed by atoms with van der Waals surface area (Å²) in [5.41, 5.74) is 3.31. The van der Waals surface area contributed by atoms with E-state index in [4.69, 9.17) is 19.2 Å². The third kappa shape index (κ3) is 5.72. The fourth-order valence-corrected chi connectivity index (χ4v) is 3.43. The number of aromatic nitrogens is 2. The molecule has 0 spiro atoms. The van der Waals surface area contributed by atoms with Crippen molar-refractivity contribution in [1.82, 2.24) is 20.4 Å². The van der Waals surface area contributed by atoms with Crippen LogP contribution in [-0.4, -0.2) is 43.6 Å². The fourth-order valence-electron chi connectivity index (χ4n) is 3.43. The molecule has 0 fully saturated rings. The normalized spacial score (nSPS) is 11.2. The topological polar surface area (TPSA) is 81.9 Å². The number of benzene rings is 2. The Balaban J connectivity index is 1.74. The van der Waals surface area contributed by atoms with E-state index in [-0.39, 0.29) is 0 Å². The maximum absolute atomic E-state index is 5.57. The van der Waals surface area contributed by atoms with Crippen molar-refractivity contribution >= 4 is 5.96 Å². The van der Waals surface area contributed by atoms with E-state index in [1.165, 1.54) is 11.1 Å². The molecule has 0 aliphatic rings. The third-order valence-corrected chi connectivity index (χ3v) is 4.99. The molecule has 1 aromatic heterocycles. The van der Waals surface area contributed by atoms with Gasteiger partial charge in [0.05, 0.1) is 34.4 Å². The Morgan fingerprint density at radius 1 is 0.906 bits per heavy atom. The fraction of sp³-hybridized carbons (Fsp3) is 0.333. The molecule has 0 aliphatic carbocycles. The van der Waals surface area contributed by atoms with Gasteiger partial charge in [-0.05, 0) is 36.2 Å². The molecule has 2 N–H and O–H groups in total. The minimum Gasteiger partial charge on any atom is -0.493 e. The van der Waals surface area contributed by atoms with Crippen molar-refractivity contribution in [3.63, 3.8) is 0 Å². The van der Waals surface area contributed by atoms with E-state index in [1.807, 2.05) is 48.1 Å². The van der Waals surface area contributed by atoms with Crippen molar-refractivity contribution in [3.05, 3.63) is 71.5 Å². The number of ether oxygens (including phenoxy) is 3. The summed E-state index contributed by atoms with van der Waals surface area (Å²) in [5.74, 6) is 2.53. The average Bonchev–Trinajstić information content (AvgIpc) is 3.34. The Morgan fingerprint density at radius 2 is 1.69 bits per heavy atom. The van der Waals surface area contributed by atoms with E-state index < -0.39 is 0 Å². The average molecular weight is 438 g/mol. The summed E-state index contributed by atoms with van der Waals surface area (Å²) < 4.78 is 18.3. The zero-order valence-corrected chi connectivity index (χ0v) is 19.1. The standard InChI is InChI=1S/C24H31N5O3/c1-5-25-24(27-16-19-11-12-21(30-2)23(32-4)22(19)31-3)26-15-18-9-6-7-10-20(18)17-29-14-8-13-28-29/h6-14H,5,15-17H2,1-4H3,(H2,25,26,27). The number of nitrogens with zero attached hydrogens (tertiary/aromatic N) is 3. The molecule has 1 heterocycles. The van der Waals surface area contributed by atoms with Crippen LogP contribution in [0.3, 0.4) is 0 Å². The van der Waals surface area contributed by atoms with E-state index >= 15 is 0 Å². The molecule has 3 rings (SSSR count). The number of rotatable bonds is 10. The van der Waals surface area contributed by atoms with E-state index in [9.17, 15) is 0 Å². The maximum atomic E-state index is 5.57. The molecule has 0 atom stereocenters. The molecule has 0 amide bonds. The van der Waals surface area contributed by atoms with Crippen molar-refractivity contribution in [2.24, 2.45) is 4.99 Å². The van der Waals surface area contributed by atoms with Crippen LogP contribution in [0.5, 0.6) is 17.2 Å². The van der Waals surface area contributed by atoms with Gasteiger partial charge < -0.3 is 24.8 Å². The largest absolute Gasteiger partial charge is 0.493 e. The second-order valence-corrected chi connectivity index (χ2v) is 7.01. The van der Waals surface area contributed by atoms with Crippen LogP contribution in [0.1, 0.15) is 23.6 Å². The van der Waals surface area contributed by atoms with Crippen molar-refractivity contribution in [3.8, 4) is 17.2 Å². The summed E-state index contributed by atoms with van der Waals surface area (Å²) >= 11 is 0. The number of guanidine groups is 1. The highest BCUT2D eigenvalue weighted by molar-refractivity contribution is 5.79. The number of aliphatic imine (C=N–C) groups is 1. The second-order valence-electron chi connectivity index (χ2n) is 7.01. The number of nitrogens with one attached hydrogen (secondary N) is 2. The Hall–Kier alpha value is -3.68. The van der Waals surface area contributed by atoms with Gasteiger partial charge in [0.1, 0.15) is 0 Å². The van der Waals surface area contributed by atoms with Crippen LogP contribution in [0.2, 0.25) is 0 Å². The Morgan fingerprint density at radius 3 is 2.34 bits per heavy atom. The van der Waals surface area contributed by atoms with Gasteiger partial charge in [-0.3, -0.25) is 4.68 Å². The van der Waals surface area contributed by atoms with E-state index in [0.29, 0.717) is 30.3 Å². The first-order valence-electron chi connectivity index (χ1n) is 10.5. The Labute approximate surface area is 189 Å². The second kappa shape index (κ2) is 11.6. The lowest BCUT2D eigenvalue weighted by molar-refractivity contribution is 0.322. The van der Waals surface area contributed by atoms with E-state index in [0.717, 1.165) is 24.6 Å². The van der Waals surface area contributed by atoms with Crippen molar-refractivity contribution in [2.75, 3.05) is 27.9 Å². The molecule has 8 heteroatoms. The van der Waals surface area contributed by atoms with Gasteiger partial charge in [-0.15, -0.1) is 0 Å². The monoisotopic (exact) mass is 437 g/mol. The van der Waals surface area contributed by atoms with Crippen LogP contribution in [-0.2, 0) is 19.6 Å². The van der Waals surface area contributed by atoms with Crippen LogP contribution < -0.4 is 24.8 Å². The molecule has 0 bridgehead atoms. The Bertz CT molecular complexity index is 1020. The van der Waals surface area contributed by atoms with Crippen LogP contribution in [0.4, 0.5) is 0 Å². The van der Waals surface area contributed by atoms with Gasteiger partial charge in [-0.25, -0.2) is 4.99 Å². The van der Waals surface area contributed by atoms with Gasteiger partial charge in [0.2, 0.25) is 5.75 Å². The lowest BCUT2D eigenvalue weighted by atomic mass is 10.1. The molecule has 3 aromatic rings. The number of methoxy groups -OCH3 is 3. The molecule has 32 heavy (non-hydrogen) atoms. The molecule has 0 unspecified atom stereocenters. The minimum atomic E-state index is 0.424. The summed E-state index contributed by atoms with van der Waals surface area (Å²) in [4.78, 5) is 4.74. The Kier molecular flexibility index (Phi) is 8.36. The third-order valence-electron chi connectivity index (χ3n) is 4.99. The molecule has 2 aromatic carbocycles. The maximum Gasteiger partial charge on any atom is 0.203 e. The van der Waals surface area contributed by atoms with Gasteiger partial charge in [0.25, 0.3) is 0 Å². The summed E-state index contributed by atoms with van der Waals surface area (Å²) in [6.45, 7) is 4.59. The van der Waals surface area contributed by atoms with Crippen molar-refractivity contribution < 1.29 is 14.2 Å². The number of hydrogen-bond acceptors (Lipinski definition) is 5. The highest BCUT2D eigenvalue weighted by atomic mass is 16.5. The summed E-state index contributed by atoms with van der Waals surface area (Å²) in [7, 11) is 4.82. The zero-order chi connectivity index (χ0) is 22.8. The summed E-state index contributed by atoms with van der Waals surface area (Å²) in [5, 5.41) is 11.0. The first-order valence-corrected chi connectivity index (χ1v) is 10.5. The number of hydrogen-bond donors (Lipinski definition) is 2. The summed E-state index contributed by atoms with van der Waals surface area (Å²) in [6.07, 6.45) is 3.76. The van der Waals surface area contributed by atoms with Gasteiger partial charge >= 0.3 is 0 Å². The first kappa shape index (κ1) is 23.0. The molecule has 8 nitrogen and oxygen atoms in total.